The molecule has 2 aromatic rings. The number of benzene rings is 1. The van der Waals surface area contributed by atoms with Crippen LogP contribution in [0.15, 0.2) is 24.5 Å². The fourth-order valence-corrected chi connectivity index (χ4v) is 2.86. The first-order chi connectivity index (χ1) is 10.2. The van der Waals surface area contributed by atoms with Gasteiger partial charge < -0.3 is 5.32 Å². The van der Waals surface area contributed by atoms with Crippen molar-refractivity contribution >= 4 is 5.78 Å². The average Bonchev–Trinajstić information content (AvgIpc) is 2.95. The Hall–Kier alpha value is -2.01. The molecule has 0 saturated heterocycles. The molecule has 0 bridgehead atoms. The van der Waals surface area contributed by atoms with Gasteiger partial charge in [-0.15, -0.1) is 0 Å². The number of Topliss-reactive ketones (excluding diaryl/α,β-unsaturated/α-hetero) is 1. The molecule has 0 radical (unpaired) electrons. The summed E-state index contributed by atoms with van der Waals surface area (Å²) in [5, 5.41) is 7.53. The van der Waals surface area contributed by atoms with E-state index in [1.165, 1.54) is 17.5 Å². The molecule has 2 heterocycles. The number of carbonyl (C=O) groups is 1. The maximum absolute atomic E-state index is 12.7. The fraction of sp³-hybridized carbons (Fsp3) is 0.438. The van der Waals surface area contributed by atoms with Gasteiger partial charge in [-0.05, 0) is 37.9 Å². The number of ketones is 1. The second-order valence-electron chi connectivity index (χ2n) is 5.68. The van der Waals surface area contributed by atoms with Crippen LogP contribution in [0, 0.1) is 0 Å². The lowest BCUT2D eigenvalue weighted by Gasteiger charge is -2.19. The van der Waals surface area contributed by atoms with Crippen LogP contribution in [0.3, 0.4) is 0 Å². The van der Waals surface area contributed by atoms with Crippen LogP contribution in [0.4, 0.5) is 0 Å². The Morgan fingerprint density at radius 2 is 2.29 bits per heavy atom. The molecular weight excluding hydrogens is 264 g/mol. The SMILES string of the molecule is CC(C)n1ncnc1CC(=O)c1cccc2c1CCNC2. The van der Waals surface area contributed by atoms with Gasteiger partial charge in [-0.2, -0.15) is 5.10 Å². The van der Waals surface area contributed by atoms with E-state index in [4.69, 9.17) is 0 Å². The topological polar surface area (TPSA) is 59.8 Å². The zero-order valence-electron chi connectivity index (χ0n) is 12.5. The van der Waals surface area contributed by atoms with E-state index in [0.29, 0.717) is 6.42 Å². The number of nitrogens with zero attached hydrogens (tertiary/aromatic N) is 3. The van der Waals surface area contributed by atoms with Crippen LogP contribution in [0.1, 0.15) is 47.2 Å². The molecule has 5 nitrogen and oxygen atoms in total. The molecule has 21 heavy (non-hydrogen) atoms. The molecule has 0 fully saturated rings. The van der Waals surface area contributed by atoms with Gasteiger partial charge in [-0.1, -0.05) is 18.2 Å². The summed E-state index contributed by atoms with van der Waals surface area (Å²) in [5.41, 5.74) is 3.27. The highest BCUT2D eigenvalue weighted by atomic mass is 16.1. The Morgan fingerprint density at radius 3 is 3.10 bits per heavy atom. The minimum Gasteiger partial charge on any atom is -0.312 e. The Morgan fingerprint density at radius 1 is 1.43 bits per heavy atom. The molecule has 0 aliphatic carbocycles. The Bertz CT molecular complexity index is 660. The molecule has 1 N–H and O–H groups in total. The molecule has 0 amide bonds. The van der Waals surface area contributed by atoms with Crippen LogP contribution in [0.5, 0.6) is 0 Å². The number of rotatable bonds is 4. The summed E-state index contributed by atoms with van der Waals surface area (Å²) in [6.45, 7) is 5.86. The monoisotopic (exact) mass is 284 g/mol. The first kappa shape index (κ1) is 13.9. The van der Waals surface area contributed by atoms with Gasteiger partial charge in [0.2, 0.25) is 0 Å². The van der Waals surface area contributed by atoms with Gasteiger partial charge in [-0.3, -0.25) is 4.79 Å². The van der Waals surface area contributed by atoms with E-state index < -0.39 is 0 Å². The molecule has 1 aliphatic rings. The van der Waals surface area contributed by atoms with E-state index >= 15 is 0 Å². The zero-order chi connectivity index (χ0) is 14.8. The summed E-state index contributed by atoms with van der Waals surface area (Å²) in [7, 11) is 0. The number of aromatic nitrogens is 3. The second-order valence-corrected chi connectivity index (χ2v) is 5.68. The predicted molar refractivity (Wildman–Crippen MR) is 80.3 cm³/mol. The molecule has 0 saturated carbocycles. The van der Waals surface area contributed by atoms with Crippen LogP contribution in [-0.4, -0.2) is 27.1 Å². The van der Waals surface area contributed by atoms with Crippen LogP contribution in [0.2, 0.25) is 0 Å². The summed E-state index contributed by atoms with van der Waals surface area (Å²) >= 11 is 0. The Kier molecular flexibility index (Phi) is 3.84. The second kappa shape index (κ2) is 5.77. The first-order valence-corrected chi connectivity index (χ1v) is 7.40. The molecule has 0 atom stereocenters. The molecule has 1 aliphatic heterocycles. The fourth-order valence-electron chi connectivity index (χ4n) is 2.86. The third-order valence-electron chi connectivity index (χ3n) is 3.90. The summed E-state index contributed by atoms with van der Waals surface area (Å²) in [5.74, 6) is 0.866. The summed E-state index contributed by atoms with van der Waals surface area (Å²) in [4.78, 5) is 16.9. The van der Waals surface area contributed by atoms with Crippen molar-refractivity contribution in [2.45, 2.75) is 39.3 Å². The molecule has 3 rings (SSSR count). The standard InChI is InChI=1S/C16H20N4O/c1-11(2)20-16(18-10-19-20)8-15(21)14-5-3-4-12-9-17-7-6-13(12)14/h3-5,10-11,17H,6-9H2,1-2H3. The highest BCUT2D eigenvalue weighted by molar-refractivity contribution is 5.98. The van der Waals surface area contributed by atoms with Crippen molar-refractivity contribution in [1.29, 1.82) is 0 Å². The van der Waals surface area contributed by atoms with Crippen molar-refractivity contribution in [2.24, 2.45) is 0 Å². The molecule has 0 unspecified atom stereocenters. The van der Waals surface area contributed by atoms with Gasteiger partial charge in [0.25, 0.3) is 0 Å². The van der Waals surface area contributed by atoms with E-state index in [0.717, 1.165) is 30.9 Å². The van der Waals surface area contributed by atoms with Crippen molar-refractivity contribution in [3.8, 4) is 0 Å². The molecule has 1 aromatic heterocycles. The zero-order valence-corrected chi connectivity index (χ0v) is 12.5. The molecule has 110 valence electrons. The molecule has 0 spiro atoms. The van der Waals surface area contributed by atoms with Crippen LogP contribution in [-0.2, 0) is 19.4 Å². The summed E-state index contributed by atoms with van der Waals surface area (Å²) in [6.07, 6.45) is 2.74. The first-order valence-electron chi connectivity index (χ1n) is 7.40. The van der Waals surface area contributed by atoms with Gasteiger partial charge in [0.1, 0.15) is 12.2 Å². The molecule has 1 aromatic carbocycles. The minimum absolute atomic E-state index is 0.128. The van der Waals surface area contributed by atoms with Gasteiger partial charge in [-0.25, -0.2) is 9.67 Å². The van der Waals surface area contributed by atoms with Gasteiger partial charge >= 0.3 is 0 Å². The van der Waals surface area contributed by atoms with Crippen molar-refractivity contribution in [1.82, 2.24) is 20.1 Å². The highest BCUT2D eigenvalue weighted by Crippen LogP contribution is 2.20. The van der Waals surface area contributed by atoms with Crippen LogP contribution in [0.25, 0.3) is 0 Å². The maximum Gasteiger partial charge on any atom is 0.170 e. The Labute approximate surface area is 124 Å². The molecular formula is C16H20N4O. The lowest BCUT2D eigenvalue weighted by atomic mass is 9.92. The lowest BCUT2D eigenvalue weighted by molar-refractivity contribution is 0.0988. The van der Waals surface area contributed by atoms with E-state index in [1.54, 1.807) is 0 Å². The van der Waals surface area contributed by atoms with Crippen molar-refractivity contribution in [3.63, 3.8) is 0 Å². The number of hydrogen-bond acceptors (Lipinski definition) is 4. The van der Waals surface area contributed by atoms with Gasteiger partial charge in [0, 0.05) is 18.2 Å². The van der Waals surface area contributed by atoms with E-state index in [2.05, 4.69) is 21.5 Å². The van der Waals surface area contributed by atoms with E-state index in [9.17, 15) is 4.79 Å². The van der Waals surface area contributed by atoms with E-state index in [-0.39, 0.29) is 11.8 Å². The van der Waals surface area contributed by atoms with Crippen molar-refractivity contribution in [3.05, 3.63) is 47.0 Å². The van der Waals surface area contributed by atoms with E-state index in [1.807, 2.05) is 30.7 Å². The molecule has 5 heteroatoms. The smallest absolute Gasteiger partial charge is 0.170 e. The van der Waals surface area contributed by atoms with Crippen molar-refractivity contribution in [2.75, 3.05) is 6.54 Å². The van der Waals surface area contributed by atoms with Crippen molar-refractivity contribution < 1.29 is 4.79 Å². The van der Waals surface area contributed by atoms with Gasteiger partial charge in [0.15, 0.2) is 5.78 Å². The minimum atomic E-state index is 0.128. The Balaban J connectivity index is 1.88. The third kappa shape index (κ3) is 2.74. The van der Waals surface area contributed by atoms with Crippen LogP contribution >= 0.6 is 0 Å². The quantitative estimate of drug-likeness (QED) is 0.872. The third-order valence-corrected chi connectivity index (χ3v) is 3.90. The lowest BCUT2D eigenvalue weighted by Crippen LogP contribution is -2.26. The average molecular weight is 284 g/mol. The number of fused-ring (bicyclic) bond motifs is 1. The normalized spacial score (nSPS) is 14.2. The highest BCUT2D eigenvalue weighted by Gasteiger charge is 2.19. The predicted octanol–water partition coefficient (Wildman–Crippen LogP) is 1.93. The van der Waals surface area contributed by atoms with Gasteiger partial charge in [0.05, 0.1) is 6.42 Å². The summed E-state index contributed by atoms with van der Waals surface area (Å²) < 4.78 is 1.81. The number of carbonyl (C=O) groups excluding carboxylic acids is 1. The number of hydrogen-bond donors (Lipinski definition) is 1. The maximum atomic E-state index is 12.7. The van der Waals surface area contributed by atoms with Crippen LogP contribution < -0.4 is 5.32 Å². The largest absolute Gasteiger partial charge is 0.312 e. The number of nitrogens with one attached hydrogen (secondary N) is 1. The summed E-state index contributed by atoms with van der Waals surface area (Å²) in [6, 6.07) is 6.20.